The van der Waals surface area contributed by atoms with Gasteiger partial charge < -0.3 is 20.8 Å². The normalized spacial score (nSPS) is 10.4. The number of rotatable bonds is 8. The van der Waals surface area contributed by atoms with Crippen molar-refractivity contribution in [3.63, 3.8) is 0 Å². The molecule has 0 atom stereocenters. The zero-order valence-corrected chi connectivity index (χ0v) is 11.9. The fourth-order valence-corrected chi connectivity index (χ4v) is 1.95. The van der Waals surface area contributed by atoms with E-state index in [1.165, 1.54) is 0 Å². The van der Waals surface area contributed by atoms with Gasteiger partial charge >= 0.3 is 0 Å². The van der Waals surface area contributed by atoms with Crippen LogP contribution in [0.2, 0.25) is 0 Å². The number of benzene rings is 1. The van der Waals surface area contributed by atoms with E-state index >= 15 is 0 Å². The molecule has 20 heavy (non-hydrogen) atoms. The molecule has 108 valence electrons. The lowest BCUT2D eigenvalue weighted by Gasteiger charge is -2.13. The van der Waals surface area contributed by atoms with Gasteiger partial charge in [0.15, 0.2) is 0 Å². The van der Waals surface area contributed by atoms with Gasteiger partial charge in [-0.3, -0.25) is 0 Å². The van der Waals surface area contributed by atoms with Crippen molar-refractivity contribution in [2.24, 2.45) is 0 Å². The van der Waals surface area contributed by atoms with E-state index in [0.717, 1.165) is 43.1 Å². The number of nitrogens with one attached hydrogen (secondary N) is 2. The van der Waals surface area contributed by atoms with Crippen LogP contribution in [-0.4, -0.2) is 23.1 Å². The number of aryl methyl sites for hydroxylation is 1. The minimum atomic E-state index is 0.680. The first-order valence-corrected chi connectivity index (χ1v) is 7.04. The highest BCUT2D eigenvalue weighted by atomic mass is 16.5. The Labute approximate surface area is 119 Å². The molecule has 2 aromatic rings. The highest BCUT2D eigenvalue weighted by molar-refractivity contribution is 5.72. The van der Waals surface area contributed by atoms with Gasteiger partial charge in [0.1, 0.15) is 11.6 Å². The number of aromatic amines is 1. The van der Waals surface area contributed by atoms with E-state index in [0.29, 0.717) is 12.3 Å². The first-order valence-electron chi connectivity index (χ1n) is 7.04. The number of anilines is 2. The topological polar surface area (TPSA) is 76.0 Å². The van der Waals surface area contributed by atoms with Crippen LogP contribution in [0.3, 0.4) is 0 Å². The van der Waals surface area contributed by atoms with E-state index in [2.05, 4.69) is 22.2 Å². The number of H-pyrrole nitrogens is 1. The van der Waals surface area contributed by atoms with Gasteiger partial charge in [-0.05, 0) is 25.0 Å². The molecule has 5 nitrogen and oxygen atoms in total. The SMILES string of the molecule is CCCOc1cccc(NCCCc2ncc[nH]2)c1N. The van der Waals surface area contributed by atoms with Crippen LogP contribution in [0.1, 0.15) is 25.6 Å². The average molecular weight is 274 g/mol. The second-order valence-corrected chi connectivity index (χ2v) is 4.63. The summed E-state index contributed by atoms with van der Waals surface area (Å²) in [6, 6.07) is 5.83. The summed E-state index contributed by atoms with van der Waals surface area (Å²) in [7, 11) is 0. The molecule has 0 aliphatic carbocycles. The molecule has 4 N–H and O–H groups in total. The number of nitrogen functional groups attached to an aromatic ring is 1. The lowest BCUT2D eigenvalue weighted by Crippen LogP contribution is -2.07. The largest absolute Gasteiger partial charge is 0.491 e. The molecule has 0 fully saturated rings. The highest BCUT2D eigenvalue weighted by Crippen LogP contribution is 2.29. The third kappa shape index (κ3) is 3.91. The zero-order valence-electron chi connectivity index (χ0n) is 11.9. The minimum Gasteiger partial charge on any atom is -0.491 e. The molecule has 0 unspecified atom stereocenters. The summed E-state index contributed by atoms with van der Waals surface area (Å²) in [4.78, 5) is 7.29. The number of ether oxygens (including phenoxy) is 1. The Hall–Kier alpha value is -2.17. The standard InChI is InChI=1S/C15H22N4O/c1-2-11-20-13-6-3-5-12(15(13)16)17-8-4-7-14-18-9-10-19-14/h3,5-6,9-10,17H,2,4,7-8,11,16H2,1H3,(H,18,19). The van der Waals surface area contributed by atoms with E-state index in [1.807, 2.05) is 24.4 Å². The van der Waals surface area contributed by atoms with Crippen LogP contribution in [0.15, 0.2) is 30.6 Å². The first kappa shape index (κ1) is 14.2. The molecule has 0 amide bonds. The van der Waals surface area contributed by atoms with Crippen molar-refractivity contribution in [1.29, 1.82) is 0 Å². The minimum absolute atomic E-state index is 0.680. The third-order valence-electron chi connectivity index (χ3n) is 2.99. The molecular weight excluding hydrogens is 252 g/mol. The summed E-state index contributed by atoms with van der Waals surface area (Å²) in [5.74, 6) is 1.77. The summed E-state index contributed by atoms with van der Waals surface area (Å²) >= 11 is 0. The summed E-state index contributed by atoms with van der Waals surface area (Å²) in [6.45, 7) is 3.61. The molecule has 1 aromatic carbocycles. The molecule has 0 saturated heterocycles. The molecule has 0 aliphatic heterocycles. The van der Waals surface area contributed by atoms with Crippen molar-refractivity contribution in [2.75, 3.05) is 24.2 Å². The molecule has 2 rings (SSSR count). The lowest BCUT2D eigenvalue weighted by atomic mass is 10.2. The maximum absolute atomic E-state index is 6.09. The number of imidazole rings is 1. The number of nitrogens with zero attached hydrogens (tertiary/aromatic N) is 1. The van der Waals surface area contributed by atoms with Gasteiger partial charge in [0, 0.05) is 25.4 Å². The number of hydrogen-bond donors (Lipinski definition) is 3. The molecule has 1 heterocycles. The van der Waals surface area contributed by atoms with Crippen molar-refractivity contribution >= 4 is 11.4 Å². The maximum Gasteiger partial charge on any atom is 0.144 e. The van der Waals surface area contributed by atoms with E-state index < -0.39 is 0 Å². The average Bonchev–Trinajstić information content (AvgIpc) is 2.97. The molecule has 0 spiro atoms. The first-order chi connectivity index (χ1) is 9.81. The van der Waals surface area contributed by atoms with Gasteiger partial charge in [0.2, 0.25) is 0 Å². The molecule has 5 heteroatoms. The monoisotopic (exact) mass is 274 g/mol. The van der Waals surface area contributed by atoms with Crippen LogP contribution in [0, 0.1) is 0 Å². The Morgan fingerprint density at radius 3 is 3.05 bits per heavy atom. The van der Waals surface area contributed by atoms with Gasteiger partial charge in [-0.2, -0.15) is 0 Å². The van der Waals surface area contributed by atoms with Crippen molar-refractivity contribution in [3.05, 3.63) is 36.4 Å². The molecule has 0 aliphatic rings. The highest BCUT2D eigenvalue weighted by Gasteiger charge is 2.05. The van der Waals surface area contributed by atoms with E-state index in [-0.39, 0.29) is 0 Å². The molecular formula is C15H22N4O. The molecule has 0 bridgehead atoms. The quantitative estimate of drug-likeness (QED) is 0.511. The second-order valence-electron chi connectivity index (χ2n) is 4.63. The third-order valence-corrected chi connectivity index (χ3v) is 2.99. The van der Waals surface area contributed by atoms with Crippen LogP contribution in [0.4, 0.5) is 11.4 Å². The van der Waals surface area contributed by atoms with Gasteiger partial charge in [0.05, 0.1) is 18.0 Å². The molecule has 0 radical (unpaired) electrons. The number of para-hydroxylation sites is 1. The summed E-state index contributed by atoms with van der Waals surface area (Å²) in [6.07, 6.45) is 6.50. The fraction of sp³-hybridized carbons (Fsp3) is 0.400. The summed E-state index contributed by atoms with van der Waals surface area (Å²) in [5.41, 5.74) is 7.70. The Morgan fingerprint density at radius 2 is 2.30 bits per heavy atom. The number of nitrogens with two attached hydrogens (primary N) is 1. The summed E-state index contributed by atoms with van der Waals surface area (Å²) in [5, 5.41) is 3.35. The molecule has 1 aromatic heterocycles. The van der Waals surface area contributed by atoms with Crippen molar-refractivity contribution < 1.29 is 4.74 Å². The van der Waals surface area contributed by atoms with Gasteiger partial charge in [-0.25, -0.2) is 4.98 Å². The fourth-order valence-electron chi connectivity index (χ4n) is 1.95. The smallest absolute Gasteiger partial charge is 0.144 e. The van der Waals surface area contributed by atoms with Crippen LogP contribution in [0.5, 0.6) is 5.75 Å². The van der Waals surface area contributed by atoms with Crippen molar-refractivity contribution in [2.45, 2.75) is 26.2 Å². The van der Waals surface area contributed by atoms with Crippen molar-refractivity contribution in [1.82, 2.24) is 9.97 Å². The van der Waals surface area contributed by atoms with E-state index in [1.54, 1.807) is 6.20 Å². The van der Waals surface area contributed by atoms with Crippen molar-refractivity contribution in [3.8, 4) is 5.75 Å². The Morgan fingerprint density at radius 1 is 1.40 bits per heavy atom. The Bertz CT molecular complexity index is 511. The molecule has 0 saturated carbocycles. The van der Waals surface area contributed by atoms with Crippen LogP contribution < -0.4 is 15.8 Å². The predicted octanol–water partition coefficient (Wildman–Crippen LogP) is 2.83. The van der Waals surface area contributed by atoms with E-state index in [9.17, 15) is 0 Å². The Balaban J connectivity index is 1.82. The second kappa shape index (κ2) is 7.43. The van der Waals surface area contributed by atoms with Crippen LogP contribution >= 0.6 is 0 Å². The maximum atomic E-state index is 6.09. The van der Waals surface area contributed by atoms with Gasteiger partial charge in [-0.1, -0.05) is 13.0 Å². The summed E-state index contributed by atoms with van der Waals surface area (Å²) < 4.78 is 5.61. The lowest BCUT2D eigenvalue weighted by molar-refractivity contribution is 0.319. The van der Waals surface area contributed by atoms with Gasteiger partial charge in [-0.15, -0.1) is 0 Å². The van der Waals surface area contributed by atoms with Gasteiger partial charge in [0.25, 0.3) is 0 Å². The van der Waals surface area contributed by atoms with E-state index in [4.69, 9.17) is 10.5 Å². The number of hydrogen-bond acceptors (Lipinski definition) is 4. The number of aromatic nitrogens is 2. The van der Waals surface area contributed by atoms with Crippen LogP contribution in [-0.2, 0) is 6.42 Å². The predicted molar refractivity (Wildman–Crippen MR) is 82.0 cm³/mol. The van der Waals surface area contributed by atoms with Crippen LogP contribution in [0.25, 0.3) is 0 Å². The Kier molecular flexibility index (Phi) is 5.29. The zero-order chi connectivity index (χ0) is 14.2.